The van der Waals surface area contributed by atoms with Crippen LogP contribution in [-0.4, -0.2) is 55.8 Å². The number of carbonyl (C=O) groups excluding carboxylic acids is 1. The number of carbonyl (C=O) groups is 1. The van der Waals surface area contributed by atoms with Crippen molar-refractivity contribution in [1.29, 1.82) is 0 Å². The first-order valence-electron chi connectivity index (χ1n) is 8.49. The summed E-state index contributed by atoms with van der Waals surface area (Å²) in [6.07, 6.45) is 3.35. The summed E-state index contributed by atoms with van der Waals surface area (Å²) in [6, 6.07) is 3.52. The Balaban J connectivity index is 1.71. The maximum atomic E-state index is 12.8. The Morgan fingerprint density at radius 1 is 1.21 bits per heavy atom. The van der Waals surface area contributed by atoms with Crippen molar-refractivity contribution >= 4 is 27.3 Å². The molecule has 0 bridgehead atoms. The lowest BCUT2D eigenvalue weighted by atomic mass is 9.96. The van der Waals surface area contributed by atoms with E-state index in [9.17, 15) is 13.2 Å². The zero-order valence-electron chi connectivity index (χ0n) is 14.0. The molecule has 1 amide bonds. The van der Waals surface area contributed by atoms with Crippen LogP contribution < -0.4 is 5.73 Å². The number of nitrogens with zero attached hydrogens (tertiary/aromatic N) is 2. The molecule has 2 atom stereocenters. The van der Waals surface area contributed by atoms with E-state index in [1.165, 1.54) is 15.6 Å². The van der Waals surface area contributed by atoms with Gasteiger partial charge in [0.25, 0.3) is 10.0 Å². The van der Waals surface area contributed by atoms with Gasteiger partial charge in [0, 0.05) is 37.1 Å². The van der Waals surface area contributed by atoms with Crippen LogP contribution in [0.15, 0.2) is 16.3 Å². The normalized spacial score (nSPS) is 26.5. The zero-order chi connectivity index (χ0) is 17.3. The molecule has 3 heterocycles. The van der Waals surface area contributed by atoms with Crippen LogP contribution in [0.5, 0.6) is 0 Å². The summed E-state index contributed by atoms with van der Waals surface area (Å²) < 4.78 is 27.4. The number of piperidine rings is 2. The number of thiophene rings is 1. The first-order chi connectivity index (χ1) is 11.4. The van der Waals surface area contributed by atoms with Gasteiger partial charge in [-0.1, -0.05) is 0 Å². The van der Waals surface area contributed by atoms with Crippen molar-refractivity contribution in [2.45, 2.75) is 42.9 Å². The number of rotatable bonds is 3. The molecule has 2 N–H and O–H groups in total. The van der Waals surface area contributed by atoms with E-state index < -0.39 is 10.0 Å². The largest absolute Gasteiger partial charge is 0.341 e. The maximum absolute atomic E-state index is 12.8. The standard InChI is InChI=1S/C16H25N3O3S2/c1-12-6-7-15(23-12)24(21,22)19-9-2-4-13(10-19)16(20)18-8-3-5-14(17)11-18/h6-7,13-14H,2-5,8-11,17H2,1H3. The molecule has 1 aromatic rings. The van der Waals surface area contributed by atoms with Gasteiger partial charge in [-0.15, -0.1) is 11.3 Å². The summed E-state index contributed by atoms with van der Waals surface area (Å²) in [5, 5.41) is 0. The molecule has 0 saturated carbocycles. The monoisotopic (exact) mass is 371 g/mol. The lowest BCUT2D eigenvalue weighted by Gasteiger charge is -2.37. The molecule has 0 aliphatic carbocycles. The molecule has 2 aliphatic heterocycles. The molecule has 24 heavy (non-hydrogen) atoms. The number of hydrogen-bond donors (Lipinski definition) is 1. The van der Waals surface area contributed by atoms with Crippen molar-refractivity contribution in [2.75, 3.05) is 26.2 Å². The van der Waals surface area contributed by atoms with Crippen molar-refractivity contribution < 1.29 is 13.2 Å². The van der Waals surface area contributed by atoms with E-state index in [0.29, 0.717) is 17.3 Å². The fourth-order valence-corrected chi connectivity index (χ4v) is 6.47. The third-order valence-corrected chi connectivity index (χ3v) is 8.15. The topological polar surface area (TPSA) is 83.7 Å². The van der Waals surface area contributed by atoms with Crippen molar-refractivity contribution in [2.24, 2.45) is 11.7 Å². The number of amides is 1. The van der Waals surface area contributed by atoms with Crippen molar-refractivity contribution in [3.63, 3.8) is 0 Å². The highest BCUT2D eigenvalue weighted by Gasteiger charge is 2.36. The Bertz CT molecular complexity index is 701. The molecular formula is C16H25N3O3S2. The minimum absolute atomic E-state index is 0.0419. The van der Waals surface area contributed by atoms with Crippen LogP contribution in [0.2, 0.25) is 0 Å². The van der Waals surface area contributed by atoms with Gasteiger partial charge in [-0.3, -0.25) is 4.79 Å². The van der Waals surface area contributed by atoms with Crippen LogP contribution in [0.4, 0.5) is 0 Å². The van der Waals surface area contributed by atoms with Crippen LogP contribution >= 0.6 is 11.3 Å². The van der Waals surface area contributed by atoms with E-state index in [0.717, 1.165) is 37.1 Å². The fraction of sp³-hybridized carbons (Fsp3) is 0.688. The van der Waals surface area contributed by atoms with Gasteiger partial charge in [-0.25, -0.2) is 8.42 Å². The van der Waals surface area contributed by atoms with Crippen LogP contribution in [0.1, 0.15) is 30.6 Å². The Labute approximate surface area is 147 Å². The van der Waals surface area contributed by atoms with E-state index in [2.05, 4.69) is 0 Å². The van der Waals surface area contributed by atoms with Crippen molar-refractivity contribution in [1.82, 2.24) is 9.21 Å². The van der Waals surface area contributed by atoms with Crippen molar-refractivity contribution in [3.05, 3.63) is 17.0 Å². The van der Waals surface area contributed by atoms with E-state index in [1.807, 2.05) is 17.9 Å². The summed E-state index contributed by atoms with van der Waals surface area (Å²) >= 11 is 1.28. The van der Waals surface area contributed by atoms with Crippen LogP contribution in [0.3, 0.4) is 0 Å². The first kappa shape index (κ1) is 17.8. The lowest BCUT2D eigenvalue weighted by molar-refractivity contribution is -0.137. The van der Waals surface area contributed by atoms with Gasteiger partial charge in [0.2, 0.25) is 5.91 Å². The molecule has 8 heteroatoms. The molecule has 0 radical (unpaired) electrons. The second-order valence-corrected chi connectivity index (χ2v) is 10.2. The molecule has 2 unspecified atom stereocenters. The molecule has 2 aliphatic rings. The average Bonchev–Trinajstić information content (AvgIpc) is 3.01. The summed E-state index contributed by atoms with van der Waals surface area (Å²) in [5.41, 5.74) is 5.97. The van der Waals surface area contributed by atoms with Gasteiger partial charge >= 0.3 is 0 Å². The van der Waals surface area contributed by atoms with Crippen LogP contribution in [-0.2, 0) is 14.8 Å². The number of likely N-dealkylation sites (tertiary alicyclic amines) is 1. The number of nitrogens with two attached hydrogens (primary N) is 1. The third kappa shape index (κ3) is 3.66. The van der Waals surface area contributed by atoms with Gasteiger partial charge < -0.3 is 10.6 Å². The highest BCUT2D eigenvalue weighted by Crippen LogP contribution is 2.29. The fourth-order valence-electron chi connectivity index (χ4n) is 3.51. The predicted molar refractivity (Wildman–Crippen MR) is 94.3 cm³/mol. The highest BCUT2D eigenvalue weighted by atomic mass is 32.2. The Hall–Kier alpha value is -0.960. The maximum Gasteiger partial charge on any atom is 0.252 e. The SMILES string of the molecule is Cc1ccc(S(=O)(=O)N2CCCC(C(=O)N3CCCC(N)C3)C2)s1. The average molecular weight is 372 g/mol. The molecule has 3 rings (SSSR count). The number of sulfonamides is 1. The van der Waals surface area contributed by atoms with Crippen LogP contribution in [0.25, 0.3) is 0 Å². The van der Waals surface area contributed by atoms with Gasteiger partial charge in [-0.2, -0.15) is 4.31 Å². The Morgan fingerprint density at radius 2 is 1.96 bits per heavy atom. The number of hydrogen-bond acceptors (Lipinski definition) is 5. The van der Waals surface area contributed by atoms with E-state index in [4.69, 9.17) is 5.73 Å². The van der Waals surface area contributed by atoms with Crippen LogP contribution in [0, 0.1) is 12.8 Å². The second kappa shape index (κ2) is 7.11. The Kier molecular flexibility index (Phi) is 5.29. The lowest BCUT2D eigenvalue weighted by Crippen LogP contribution is -2.51. The van der Waals surface area contributed by atoms with Gasteiger partial charge in [0.15, 0.2) is 0 Å². The second-order valence-electron chi connectivity index (χ2n) is 6.75. The molecule has 0 spiro atoms. The van der Waals surface area contributed by atoms with E-state index in [1.54, 1.807) is 6.07 Å². The van der Waals surface area contributed by atoms with Gasteiger partial charge in [0.1, 0.15) is 4.21 Å². The first-order valence-corrected chi connectivity index (χ1v) is 10.7. The summed E-state index contributed by atoms with van der Waals surface area (Å²) in [4.78, 5) is 15.6. The minimum atomic E-state index is -3.49. The summed E-state index contributed by atoms with van der Waals surface area (Å²) in [5.74, 6) is -0.188. The summed E-state index contributed by atoms with van der Waals surface area (Å²) in [7, 11) is -3.49. The molecule has 134 valence electrons. The number of aryl methyl sites for hydroxylation is 1. The molecule has 6 nitrogen and oxygen atoms in total. The van der Waals surface area contributed by atoms with Gasteiger partial charge in [-0.05, 0) is 44.7 Å². The quantitative estimate of drug-likeness (QED) is 0.871. The molecule has 2 fully saturated rings. The molecule has 1 aromatic heterocycles. The van der Waals surface area contributed by atoms with E-state index in [-0.39, 0.29) is 24.4 Å². The highest BCUT2D eigenvalue weighted by molar-refractivity contribution is 7.91. The molecule has 2 saturated heterocycles. The zero-order valence-corrected chi connectivity index (χ0v) is 15.6. The Morgan fingerprint density at radius 3 is 2.62 bits per heavy atom. The van der Waals surface area contributed by atoms with Gasteiger partial charge in [0.05, 0.1) is 5.92 Å². The summed E-state index contributed by atoms with van der Waals surface area (Å²) in [6.45, 7) is 3.99. The minimum Gasteiger partial charge on any atom is -0.341 e. The van der Waals surface area contributed by atoms with Crippen molar-refractivity contribution in [3.8, 4) is 0 Å². The van der Waals surface area contributed by atoms with E-state index >= 15 is 0 Å². The predicted octanol–water partition coefficient (Wildman–Crippen LogP) is 1.41. The molecule has 0 aromatic carbocycles. The third-order valence-electron chi connectivity index (χ3n) is 4.81. The smallest absolute Gasteiger partial charge is 0.252 e. The molecular weight excluding hydrogens is 346 g/mol.